The monoisotopic (exact) mass is 275 g/mol. The van der Waals surface area contributed by atoms with Crippen molar-refractivity contribution in [3.8, 4) is 11.8 Å². The fraction of sp³-hybridized carbons (Fsp3) is 0.273. The Morgan fingerprint density at radius 3 is 2.53 bits per heavy atom. The molecule has 0 fully saturated rings. The molecule has 0 saturated carbocycles. The van der Waals surface area contributed by atoms with Crippen molar-refractivity contribution < 1.29 is 32.5 Å². The second-order valence-electron chi connectivity index (χ2n) is 3.31. The first-order valence-corrected chi connectivity index (χ1v) is 4.84. The summed E-state index contributed by atoms with van der Waals surface area (Å²) in [4.78, 5) is 11.4. The molecular formula is C11H8F3NO4. The Labute approximate surface area is 105 Å². The van der Waals surface area contributed by atoms with Gasteiger partial charge in [0.05, 0.1) is 24.8 Å². The molecule has 0 atom stereocenters. The maximum atomic E-state index is 12.2. The number of carbonyl (C=O) groups is 1. The molecule has 0 heterocycles. The average Bonchev–Trinajstić information content (AvgIpc) is 2.35. The molecule has 8 heteroatoms. The molecule has 0 unspecified atom stereocenters. The zero-order valence-corrected chi connectivity index (χ0v) is 9.61. The van der Waals surface area contributed by atoms with Crippen molar-refractivity contribution >= 4 is 5.97 Å². The van der Waals surface area contributed by atoms with Gasteiger partial charge in [-0.25, -0.2) is 4.79 Å². The summed E-state index contributed by atoms with van der Waals surface area (Å²) in [6.45, 7) is -0.634. The number of alkyl halides is 3. The Morgan fingerprint density at radius 2 is 2.11 bits per heavy atom. The van der Waals surface area contributed by atoms with Crippen LogP contribution in [0.5, 0.6) is 5.75 Å². The first-order valence-electron chi connectivity index (χ1n) is 4.84. The number of hydrogen-bond donors (Lipinski definition) is 1. The highest BCUT2D eigenvalue weighted by atomic mass is 19.4. The minimum atomic E-state index is -5.00. The predicted molar refractivity (Wildman–Crippen MR) is 55.1 cm³/mol. The lowest BCUT2D eigenvalue weighted by molar-refractivity contribution is -0.274. The summed E-state index contributed by atoms with van der Waals surface area (Å²) in [5.74, 6) is -1.77. The van der Waals surface area contributed by atoms with Gasteiger partial charge in [0.25, 0.3) is 0 Å². The van der Waals surface area contributed by atoms with Crippen molar-refractivity contribution in [1.82, 2.24) is 0 Å². The summed E-state index contributed by atoms with van der Waals surface area (Å²) in [5.41, 5.74) is -0.782. The summed E-state index contributed by atoms with van der Waals surface area (Å²) < 4.78 is 44.5. The normalized spacial score (nSPS) is 10.7. The number of esters is 1. The van der Waals surface area contributed by atoms with E-state index in [1.54, 1.807) is 0 Å². The van der Waals surface area contributed by atoms with E-state index in [9.17, 15) is 18.0 Å². The molecule has 0 radical (unpaired) electrons. The van der Waals surface area contributed by atoms with Crippen LogP contribution in [0.2, 0.25) is 0 Å². The molecule has 0 aliphatic heterocycles. The van der Waals surface area contributed by atoms with E-state index in [0.29, 0.717) is 6.07 Å². The number of ether oxygens (including phenoxy) is 2. The van der Waals surface area contributed by atoms with E-state index in [-0.39, 0.29) is 11.1 Å². The third kappa shape index (κ3) is 3.59. The summed E-state index contributed by atoms with van der Waals surface area (Å²) in [7, 11) is 1.03. The third-order valence-electron chi connectivity index (χ3n) is 2.13. The molecular weight excluding hydrogens is 267 g/mol. The van der Waals surface area contributed by atoms with Crippen LogP contribution >= 0.6 is 0 Å². The number of benzene rings is 1. The van der Waals surface area contributed by atoms with E-state index < -0.39 is 30.3 Å². The third-order valence-corrected chi connectivity index (χ3v) is 2.13. The minimum absolute atomic E-state index is 0.0297. The van der Waals surface area contributed by atoms with Crippen LogP contribution in [0.4, 0.5) is 13.2 Å². The van der Waals surface area contributed by atoms with Crippen LogP contribution in [0.1, 0.15) is 21.5 Å². The van der Waals surface area contributed by atoms with Gasteiger partial charge in [0, 0.05) is 0 Å². The van der Waals surface area contributed by atoms with Crippen molar-refractivity contribution in [3.63, 3.8) is 0 Å². The Kier molecular flexibility index (Phi) is 4.34. The molecule has 0 spiro atoms. The fourth-order valence-corrected chi connectivity index (χ4v) is 1.35. The summed E-state index contributed by atoms with van der Waals surface area (Å²) in [6, 6.07) is 3.14. The highest BCUT2D eigenvalue weighted by Gasteiger charge is 2.33. The molecule has 0 aliphatic rings. The molecule has 0 aliphatic carbocycles. The van der Waals surface area contributed by atoms with Gasteiger partial charge in [-0.2, -0.15) is 5.26 Å². The molecule has 1 aromatic carbocycles. The lowest BCUT2D eigenvalue weighted by atomic mass is 10.0. The first-order chi connectivity index (χ1) is 8.82. The highest BCUT2D eigenvalue weighted by Crippen LogP contribution is 2.29. The van der Waals surface area contributed by atoms with Crippen molar-refractivity contribution in [2.45, 2.75) is 13.0 Å². The van der Waals surface area contributed by atoms with Crippen molar-refractivity contribution in [1.29, 1.82) is 5.26 Å². The Morgan fingerprint density at radius 1 is 1.47 bits per heavy atom. The van der Waals surface area contributed by atoms with Gasteiger partial charge >= 0.3 is 12.3 Å². The minimum Gasteiger partial charge on any atom is -0.465 e. The highest BCUT2D eigenvalue weighted by molar-refractivity contribution is 5.92. The predicted octanol–water partition coefficient (Wildman–Crippen LogP) is 1.74. The quantitative estimate of drug-likeness (QED) is 0.850. The van der Waals surface area contributed by atoms with Gasteiger partial charge in [-0.1, -0.05) is 0 Å². The van der Waals surface area contributed by atoms with Gasteiger partial charge in [0.2, 0.25) is 0 Å². The van der Waals surface area contributed by atoms with Crippen LogP contribution in [0.15, 0.2) is 12.1 Å². The van der Waals surface area contributed by atoms with Gasteiger partial charge in [0.15, 0.2) is 0 Å². The number of aliphatic hydroxyl groups is 1. The number of nitriles is 1. The van der Waals surface area contributed by atoms with Gasteiger partial charge in [-0.05, 0) is 17.7 Å². The zero-order valence-electron chi connectivity index (χ0n) is 9.61. The number of rotatable bonds is 3. The van der Waals surface area contributed by atoms with E-state index >= 15 is 0 Å². The standard InChI is InChI=1S/C11H8F3NO4/c1-18-10(17)8-3-9(19-11(12,13)14)6(4-15)2-7(8)5-16/h2-3,16H,5H2,1H3. The van der Waals surface area contributed by atoms with Crippen molar-refractivity contribution in [2.75, 3.05) is 7.11 Å². The van der Waals surface area contributed by atoms with E-state index in [4.69, 9.17) is 10.4 Å². The number of hydrogen-bond acceptors (Lipinski definition) is 5. The molecule has 1 aromatic rings. The maximum Gasteiger partial charge on any atom is 0.573 e. The molecule has 102 valence electrons. The Bertz CT molecular complexity index is 534. The lowest BCUT2D eigenvalue weighted by Gasteiger charge is -2.13. The van der Waals surface area contributed by atoms with Gasteiger partial charge in [-0.3, -0.25) is 0 Å². The molecule has 0 aromatic heterocycles. The zero-order chi connectivity index (χ0) is 14.6. The Hall–Kier alpha value is -2.27. The van der Waals surface area contributed by atoms with Gasteiger partial charge in [-0.15, -0.1) is 13.2 Å². The van der Waals surface area contributed by atoms with E-state index in [1.807, 2.05) is 0 Å². The average molecular weight is 275 g/mol. The van der Waals surface area contributed by atoms with E-state index in [2.05, 4.69) is 9.47 Å². The smallest absolute Gasteiger partial charge is 0.465 e. The SMILES string of the molecule is COC(=O)c1cc(OC(F)(F)F)c(C#N)cc1CO. The molecule has 0 amide bonds. The number of carbonyl (C=O) groups excluding carboxylic acids is 1. The number of methoxy groups -OCH3 is 1. The van der Waals surface area contributed by atoms with E-state index in [0.717, 1.165) is 13.2 Å². The molecule has 1 N–H and O–H groups in total. The number of nitrogens with zero attached hydrogens (tertiary/aromatic N) is 1. The second-order valence-corrected chi connectivity index (χ2v) is 3.31. The van der Waals surface area contributed by atoms with Crippen LogP contribution in [0.25, 0.3) is 0 Å². The second kappa shape index (κ2) is 5.58. The topological polar surface area (TPSA) is 79.5 Å². The summed E-state index contributed by atoms with van der Waals surface area (Å²) >= 11 is 0. The van der Waals surface area contributed by atoms with Crippen LogP contribution in [-0.2, 0) is 11.3 Å². The van der Waals surface area contributed by atoms with Crippen LogP contribution in [0.3, 0.4) is 0 Å². The van der Waals surface area contributed by atoms with Crippen LogP contribution < -0.4 is 4.74 Å². The number of aliphatic hydroxyl groups excluding tert-OH is 1. The number of halogens is 3. The summed E-state index contributed by atoms with van der Waals surface area (Å²) in [6.07, 6.45) is -5.00. The van der Waals surface area contributed by atoms with Crippen LogP contribution in [-0.4, -0.2) is 24.5 Å². The largest absolute Gasteiger partial charge is 0.573 e. The molecule has 5 nitrogen and oxygen atoms in total. The van der Waals surface area contributed by atoms with Gasteiger partial charge < -0.3 is 14.6 Å². The van der Waals surface area contributed by atoms with Crippen molar-refractivity contribution in [2.24, 2.45) is 0 Å². The Balaban J connectivity index is 3.38. The fourth-order valence-electron chi connectivity index (χ4n) is 1.35. The maximum absolute atomic E-state index is 12.2. The molecule has 19 heavy (non-hydrogen) atoms. The van der Waals surface area contributed by atoms with Crippen LogP contribution in [0, 0.1) is 11.3 Å². The van der Waals surface area contributed by atoms with Gasteiger partial charge in [0.1, 0.15) is 11.8 Å². The molecule has 1 rings (SSSR count). The van der Waals surface area contributed by atoms with Crippen molar-refractivity contribution in [3.05, 3.63) is 28.8 Å². The van der Waals surface area contributed by atoms with E-state index in [1.165, 1.54) is 6.07 Å². The first kappa shape index (κ1) is 14.8. The molecule has 0 saturated heterocycles. The molecule has 0 bridgehead atoms. The summed E-state index contributed by atoms with van der Waals surface area (Å²) in [5, 5.41) is 17.8. The lowest BCUT2D eigenvalue weighted by Crippen LogP contribution is -2.19.